The molecule has 1 atom stereocenters. The second-order valence-corrected chi connectivity index (χ2v) is 8.43. The van der Waals surface area contributed by atoms with Gasteiger partial charge in [-0.25, -0.2) is 4.79 Å². The molecule has 3 nitrogen and oxygen atoms in total. The largest absolute Gasteiger partial charge is 0.458 e. The molecule has 3 heteroatoms. The topological polar surface area (TPSA) is 35.5 Å². The number of unbranched alkanes of at least 4 members (excludes halogenated alkanes) is 17. The average molecular weight is 383 g/mol. The Morgan fingerprint density at radius 3 is 1.48 bits per heavy atom. The van der Waals surface area contributed by atoms with Crippen LogP contribution in [0.3, 0.4) is 0 Å². The third-order valence-corrected chi connectivity index (χ3v) is 5.70. The summed E-state index contributed by atoms with van der Waals surface area (Å²) in [5.41, 5.74) is 0. The zero-order valence-corrected chi connectivity index (χ0v) is 18.2. The van der Waals surface area contributed by atoms with Gasteiger partial charge >= 0.3 is 5.97 Å². The van der Waals surface area contributed by atoms with Crippen molar-refractivity contribution < 1.29 is 14.3 Å². The minimum absolute atomic E-state index is 0.00677. The van der Waals surface area contributed by atoms with Gasteiger partial charge in [0.15, 0.2) is 0 Å². The van der Waals surface area contributed by atoms with Crippen molar-refractivity contribution in [1.29, 1.82) is 0 Å². The number of carbonyl (C=O) groups is 1. The van der Waals surface area contributed by atoms with E-state index in [1.165, 1.54) is 109 Å². The van der Waals surface area contributed by atoms with E-state index in [0.717, 1.165) is 12.8 Å². The highest BCUT2D eigenvalue weighted by atomic mass is 16.6. The highest BCUT2D eigenvalue weighted by molar-refractivity contribution is 5.71. The number of hydrogen-bond acceptors (Lipinski definition) is 3. The molecule has 0 saturated carbocycles. The van der Waals surface area contributed by atoms with Crippen molar-refractivity contribution in [1.82, 2.24) is 0 Å². The predicted molar refractivity (Wildman–Crippen MR) is 114 cm³/mol. The Balaban J connectivity index is 1.68. The standard InChI is InChI=1S/C24H46O3/c1-2-3-4-5-6-7-8-9-10-11-12-13-14-15-16-17-18-19-20-23-21-26-22-24(25)27-23/h23H,2-22H2,1H3. The van der Waals surface area contributed by atoms with E-state index in [0.29, 0.717) is 6.61 Å². The van der Waals surface area contributed by atoms with Gasteiger partial charge in [-0.2, -0.15) is 0 Å². The van der Waals surface area contributed by atoms with E-state index < -0.39 is 0 Å². The number of ether oxygens (including phenoxy) is 2. The summed E-state index contributed by atoms with van der Waals surface area (Å²) >= 11 is 0. The fourth-order valence-electron chi connectivity index (χ4n) is 3.94. The molecule has 0 aliphatic carbocycles. The van der Waals surface area contributed by atoms with Gasteiger partial charge in [0.05, 0.1) is 6.61 Å². The molecule has 160 valence electrons. The molecule has 0 spiro atoms. The smallest absolute Gasteiger partial charge is 0.332 e. The highest BCUT2D eigenvalue weighted by Crippen LogP contribution is 2.16. The van der Waals surface area contributed by atoms with Crippen LogP contribution in [0.2, 0.25) is 0 Å². The second kappa shape index (κ2) is 18.8. The zero-order chi connectivity index (χ0) is 19.4. The van der Waals surface area contributed by atoms with E-state index in [1.807, 2.05) is 0 Å². The lowest BCUT2D eigenvalue weighted by atomic mass is 10.0. The normalized spacial score (nSPS) is 17.2. The molecular formula is C24H46O3. The highest BCUT2D eigenvalue weighted by Gasteiger charge is 2.19. The number of cyclic esters (lactones) is 1. The monoisotopic (exact) mass is 382 g/mol. The van der Waals surface area contributed by atoms with Gasteiger partial charge in [0.2, 0.25) is 0 Å². The maximum Gasteiger partial charge on any atom is 0.332 e. The Labute approximate surface area is 169 Å². The summed E-state index contributed by atoms with van der Waals surface area (Å²) in [6.45, 7) is 3.01. The summed E-state index contributed by atoms with van der Waals surface area (Å²) in [6.07, 6.45) is 26.1. The molecule has 0 aromatic rings. The maximum atomic E-state index is 11.1. The fraction of sp³-hybridized carbons (Fsp3) is 0.958. The van der Waals surface area contributed by atoms with Crippen LogP contribution >= 0.6 is 0 Å². The molecule has 27 heavy (non-hydrogen) atoms. The Morgan fingerprint density at radius 2 is 1.07 bits per heavy atom. The van der Waals surface area contributed by atoms with Crippen molar-refractivity contribution in [2.24, 2.45) is 0 Å². The summed E-state index contributed by atoms with van der Waals surface area (Å²) in [4.78, 5) is 11.1. The molecule has 0 radical (unpaired) electrons. The van der Waals surface area contributed by atoms with Crippen molar-refractivity contribution >= 4 is 5.97 Å². The van der Waals surface area contributed by atoms with Gasteiger partial charge in [0.25, 0.3) is 0 Å². The number of rotatable bonds is 19. The van der Waals surface area contributed by atoms with Gasteiger partial charge in [0.1, 0.15) is 12.7 Å². The fourth-order valence-corrected chi connectivity index (χ4v) is 3.94. The van der Waals surface area contributed by atoms with E-state index >= 15 is 0 Å². The SMILES string of the molecule is CCCCCCCCCCCCCCCCCCCCC1COCC(=O)O1. The summed E-state index contributed by atoms with van der Waals surface area (Å²) in [7, 11) is 0. The minimum Gasteiger partial charge on any atom is -0.458 e. The molecule has 1 aliphatic rings. The number of carbonyl (C=O) groups excluding carboxylic acids is 1. The van der Waals surface area contributed by atoms with Crippen molar-refractivity contribution in [3.63, 3.8) is 0 Å². The number of hydrogen-bond donors (Lipinski definition) is 0. The van der Waals surface area contributed by atoms with E-state index in [1.54, 1.807) is 0 Å². The maximum absolute atomic E-state index is 11.1. The molecule has 0 aromatic carbocycles. The van der Waals surface area contributed by atoms with E-state index in [2.05, 4.69) is 6.92 Å². The van der Waals surface area contributed by atoms with Crippen LogP contribution < -0.4 is 0 Å². The van der Waals surface area contributed by atoms with Crippen molar-refractivity contribution in [3.8, 4) is 0 Å². The Bertz CT molecular complexity index is 330. The summed E-state index contributed by atoms with van der Waals surface area (Å²) in [6, 6.07) is 0. The van der Waals surface area contributed by atoms with Gasteiger partial charge in [0, 0.05) is 0 Å². The quantitative estimate of drug-likeness (QED) is 0.173. The second-order valence-electron chi connectivity index (χ2n) is 8.43. The van der Waals surface area contributed by atoms with Crippen LogP contribution in [0.4, 0.5) is 0 Å². The summed E-state index contributed by atoms with van der Waals surface area (Å²) < 4.78 is 10.5. The van der Waals surface area contributed by atoms with Gasteiger partial charge in [-0.1, -0.05) is 116 Å². The molecular weight excluding hydrogens is 336 g/mol. The van der Waals surface area contributed by atoms with E-state index in [-0.39, 0.29) is 18.7 Å². The lowest BCUT2D eigenvalue weighted by Gasteiger charge is -2.22. The molecule has 1 saturated heterocycles. The average Bonchev–Trinajstić information content (AvgIpc) is 2.67. The molecule has 0 bridgehead atoms. The zero-order valence-electron chi connectivity index (χ0n) is 18.2. The molecule has 1 heterocycles. The molecule has 0 N–H and O–H groups in total. The molecule has 0 aromatic heterocycles. The number of esters is 1. The molecule has 1 rings (SSSR count). The third kappa shape index (κ3) is 16.1. The Morgan fingerprint density at radius 1 is 0.667 bits per heavy atom. The predicted octanol–water partition coefficient (Wildman–Crippen LogP) is 7.36. The Hall–Kier alpha value is -0.570. The molecule has 0 amide bonds. The molecule has 1 fully saturated rings. The first-order valence-corrected chi connectivity index (χ1v) is 12.1. The van der Waals surface area contributed by atoms with Crippen molar-refractivity contribution in [2.75, 3.05) is 13.2 Å². The van der Waals surface area contributed by atoms with Crippen LogP contribution in [0.25, 0.3) is 0 Å². The first kappa shape index (κ1) is 24.5. The first-order chi connectivity index (χ1) is 13.3. The molecule has 1 unspecified atom stereocenters. The van der Waals surface area contributed by atoms with Gasteiger partial charge in [-0.3, -0.25) is 0 Å². The van der Waals surface area contributed by atoms with E-state index in [9.17, 15) is 4.79 Å². The minimum atomic E-state index is -0.200. The van der Waals surface area contributed by atoms with Crippen LogP contribution in [0.1, 0.15) is 129 Å². The van der Waals surface area contributed by atoms with Crippen molar-refractivity contribution in [3.05, 3.63) is 0 Å². The molecule has 1 aliphatic heterocycles. The lowest BCUT2D eigenvalue weighted by molar-refractivity contribution is -0.170. The Kier molecular flexibility index (Phi) is 17.0. The summed E-state index contributed by atoms with van der Waals surface area (Å²) in [5.74, 6) is -0.200. The van der Waals surface area contributed by atoms with Crippen LogP contribution in [0, 0.1) is 0 Å². The van der Waals surface area contributed by atoms with Crippen LogP contribution in [0.15, 0.2) is 0 Å². The lowest BCUT2D eigenvalue weighted by Crippen LogP contribution is -2.32. The van der Waals surface area contributed by atoms with Gasteiger partial charge < -0.3 is 9.47 Å². The van der Waals surface area contributed by atoms with E-state index in [4.69, 9.17) is 9.47 Å². The van der Waals surface area contributed by atoms with Crippen molar-refractivity contribution in [2.45, 2.75) is 135 Å². The van der Waals surface area contributed by atoms with Crippen LogP contribution in [-0.2, 0) is 14.3 Å². The summed E-state index contributed by atoms with van der Waals surface area (Å²) in [5, 5.41) is 0. The first-order valence-electron chi connectivity index (χ1n) is 12.1. The third-order valence-electron chi connectivity index (χ3n) is 5.70. The van der Waals surface area contributed by atoms with Crippen LogP contribution in [-0.4, -0.2) is 25.3 Å². The van der Waals surface area contributed by atoms with Gasteiger partial charge in [-0.05, 0) is 12.8 Å². The van der Waals surface area contributed by atoms with Gasteiger partial charge in [-0.15, -0.1) is 0 Å². The van der Waals surface area contributed by atoms with Crippen LogP contribution in [0.5, 0.6) is 0 Å².